The van der Waals surface area contributed by atoms with Crippen molar-refractivity contribution in [1.29, 1.82) is 0 Å². The Bertz CT molecular complexity index is 365. The Hall–Kier alpha value is -1.59. The largest absolute Gasteiger partial charge is 0.508 e. The zero-order valence-electron chi connectivity index (χ0n) is 9.32. The lowest BCUT2D eigenvalue weighted by atomic mass is 10.1. The van der Waals surface area contributed by atoms with Crippen LogP contribution in [0.4, 0.5) is 0 Å². The Kier molecular flexibility index (Phi) is 4.75. The van der Waals surface area contributed by atoms with E-state index in [0.29, 0.717) is 17.7 Å². The fraction of sp³-hybridized carbons (Fsp3) is 0.364. The highest BCUT2D eigenvalue weighted by molar-refractivity contribution is 5.95. The van der Waals surface area contributed by atoms with Crippen molar-refractivity contribution in [1.82, 2.24) is 5.48 Å². The van der Waals surface area contributed by atoms with Gasteiger partial charge in [0.1, 0.15) is 5.75 Å². The molecule has 0 fully saturated rings. The van der Waals surface area contributed by atoms with E-state index in [9.17, 15) is 9.90 Å². The summed E-state index contributed by atoms with van der Waals surface area (Å²) >= 11 is 0. The van der Waals surface area contributed by atoms with Crippen LogP contribution in [0.25, 0.3) is 0 Å². The first kappa shape index (κ1) is 12.5. The van der Waals surface area contributed by atoms with Gasteiger partial charge < -0.3 is 9.84 Å². The third-order valence-corrected chi connectivity index (χ3v) is 2.10. The van der Waals surface area contributed by atoms with Crippen LogP contribution in [0, 0.1) is 6.92 Å². The number of phenolic OH excluding ortho intramolecular Hbond substituents is 1. The van der Waals surface area contributed by atoms with Crippen LogP contribution in [0.1, 0.15) is 15.9 Å². The van der Waals surface area contributed by atoms with Crippen LogP contribution in [0.15, 0.2) is 18.2 Å². The summed E-state index contributed by atoms with van der Waals surface area (Å²) in [7, 11) is 1.55. The molecule has 16 heavy (non-hydrogen) atoms. The second-order valence-electron chi connectivity index (χ2n) is 3.22. The van der Waals surface area contributed by atoms with Gasteiger partial charge in [0.05, 0.1) is 13.2 Å². The molecule has 5 heteroatoms. The fourth-order valence-corrected chi connectivity index (χ4v) is 1.17. The predicted octanol–water partition coefficient (Wildman–Crippen LogP) is 1.01. The third kappa shape index (κ3) is 3.22. The van der Waals surface area contributed by atoms with Gasteiger partial charge in [0.25, 0.3) is 5.91 Å². The first-order chi connectivity index (χ1) is 7.66. The van der Waals surface area contributed by atoms with E-state index < -0.39 is 0 Å². The number of carbonyl (C=O) groups excluding carboxylic acids is 1. The number of amides is 1. The number of rotatable bonds is 5. The van der Waals surface area contributed by atoms with Gasteiger partial charge in [0.15, 0.2) is 0 Å². The molecule has 0 aliphatic carbocycles. The Morgan fingerprint density at radius 2 is 2.19 bits per heavy atom. The number of aromatic hydroxyl groups is 1. The lowest BCUT2D eigenvalue weighted by Gasteiger charge is -2.08. The number of nitrogens with one attached hydrogen (secondary N) is 1. The molecule has 1 aromatic rings. The molecule has 0 aliphatic heterocycles. The number of methoxy groups -OCH3 is 1. The number of carbonyl (C=O) groups is 1. The molecule has 0 unspecified atom stereocenters. The van der Waals surface area contributed by atoms with Crippen LogP contribution in [0.5, 0.6) is 5.75 Å². The van der Waals surface area contributed by atoms with Crippen molar-refractivity contribution in [2.45, 2.75) is 6.92 Å². The highest BCUT2D eigenvalue weighted by atomic mass is 16.7. The fourth-order valence-electron chi connectivity index (χ4n) is 1.17. The Morgan fingerprint density at radius 1 is 1.44 bits per heavy atom. The molecular weight excluding hydrogens is 210 g/mol. The van der Waals surface area contributed by atoms with Gasteiger partial charge in [-0.25, -0.2) is 5.48 Å². The topological polar surface area (TPSA) is 67.8 Å². The molecular formula is C11H15NO4. The van der Waals surface area contributed by atoms with E-state index in [4.69, 9.17) is 9.57 Å². The van der Waals surface area contributed by atoms with E-state index in [1.54, 1.807) is 26.2 Å². The molecule has 1 aromatic carbocycles. The Labute approximate surface area is 93.9 Å². The highest BCUT2D eigenvalue weighted by Gasteiger charge is 2.10. The molecule has 0 heterocycles. The SMILES string of the molecule is COCCONC(=O)c1cccc(O)c1C. The van der Waals surface area contributed by atoms with Gasteiger partial charge in [0, 0.05) is 18.2 Å². The van der Waals surface area contributed by atoms with Gasteiger partial charge in [-0.3, -0.25) is 9.63 Å². The van der Waals surface area contributed by atoms with Crippen molar-refractivity contribution in [3.63, 3.8) is 0 Å². The van der Waals surface area contributed by atoms with E-state index in [-0.39, 0.29) is 18.3 Å². The number of hydroxylamine groups is 1. The van der Waals surface area contributed by atoms with E-state index in [1.165, 1.54) is 6.07 Å². The van der Waals surface area contributed by atoms with Crippen LogP contribution < -0.4 is 5.48 Å². The monoisotopic (exact) mass is 225 g/mol. The number of phenols is 1. The second kappa shape index (κ2) is 6.09. The van der Waals surface area contributed by atoms with Crippen LogP contribution in [0.2, 0.25) is 0 Å². The molecule has 0 spiro atoms. The Morgan fingerprint density at radius 3 is 2.88 bits per heavy atom. The molecule has 0 aromatic heterocycles. The summed E-state index contributed by atoms with van der Waals surface area (Å²) in [6.45, 7) is 2.35. The third-order valence-electron chi connectivity index (χ3n) is 2.10. The minimum Gasteiger partial charge on any atom is -0.508 e. The quantitative estimate of drug-likeness (QED) is 0.579. The van der Waals surface area contributed by atoms with Crippen LogP contribution in [-0.2, 0) is 9.57 Å². The minimum absolute atomic E-state index is 0.0875. The van der Waals surface area contributed by atoms with Crippen LogP contribution in [-0.4, -0.2) is 31.3 Å². The first-order valence-electron chi connectivity index (χ1n) is 4.86. The van der Waals surface area contributed by atoms with Crippen molar-refractivity contribution in [3.05, 3.63) is 29.3 Å². The summed E-state index contributed by atoms with van der Waals surface area (Å²) in [5, 5.41) is 9.42. The van der Waals surface area contributed by atoms with Gasteiger partial charge in [-0.1, -0.05) is 6.07 Å². The summed E-state index contributed by atoms with van der Waals surface area (Å²) in [5.41, 5.74) is 3.18. The Balaban J connectivity index is 2.56. The lowest BCUT2D eigenvalue weighted by molar-refractivity contribution is 0.00883. The molecule has 0 bridgehead atoms. The summed E-state index contributed by atoms with van der Waals surface area (Å²) < 4.78 is 4.76. The van der Waals surface area contributed by atoms with Crippen molar-refractivity contribution < 1.29 is 19.5 Å². The van der Waals surface area contributed by atoms with Gasteiger partial charge >= 0.3 is 0 Å². The van der Waals surface area contributed by atoms with Crippen LogP contribution >= 0.6 is 0 Å². The van der Waals surface area contributed by atoms with Crippen molar-refractivity contribution in [2.24, 2.45) is 0 Å². The van der Waals surface area contributed by atoms with E-state index in [0.717, 1.165) is 0 Å². The summed E-state index contributed by atoms with van der Waals surface area (Å²) in [6, 6.07) is 4.74. The van der Waals surface area contributed by atoms with Crippen molar-refractivity contribution in [3.8, 4) is 5.75 Å². The van der Waals surface area contributed by atoms with Crippen molar-refractivity contribution >= 4 is 5.91 Å². The van der Waals surface area contributed by atoms with Gasteiger partial charge in [-0.15, -0.1) is 0 Å². The minimum atomic E-state index is -0.385. The average molecular weight is 225 g/mol. The molecule has 5 nitrogen and oxygen atoms in total. The number of benzene rings is 1. The molecule has 2 N–H and O–H groups in total. The van der Waals surface area contributed by atoms with Gasteiger partial charge in [0.2, 0.25) is 0 Å². The zero-order chi connectivity index (χ0) is 12.0. The normalized spacial score (nSPS) is 10.1. The molecule has 0 saturated heterocycles. The van der Waals surface area contributed by atoms with Gasteiger partial charge in [-0.05, 0) is 19.1 Å². The smallest absolute Gasteiger partial charge is 0.275 e. The predicted molar refractivity (Wildman–Crippen MR) is 58.1 cm³/mol. The number of hydrogen-bond acceptors (Lipinski definition) is 4. The molecule has 1 rings (SSSR count). The van der Waals surface area contributed by atoms with E-state index in [2.05, 4.69) is 5.48 Å². The van der Waals surface area contributed by atoms with Crippen molar-refractivity contribution in [2.75, 3.05) is 20.3 Å². The van der Waals surface area contributed by atoms with Gasteiger partial charge in [-0.2, -0.15) is 0 Å². The molecule has 88 valence electrons. The average Bonchev–Trinajstić information content (AvgIpc) is 2.28. The standard InChI is InChI=1S/C11H15NO4/c1-8-9(4-3-5-10(8)13)11(14)12-16-7-6-15-2/h3-5,13H,6-7H2,1-2H3,(H,12,14). The summed E-state index contributed by atoms with van der Waals surface area (Å²) in [4.78, 5) is 16.5. The first-order valence-corrected chi connectivity index (χ1v) is 4.86. The highest BCUT2D eigenvalue weighted by Crippen LogP contribution is 2.19. The molecule has 0 radical (unpaired) electrons. The zero-order valence-corrected chi connectivity index (χ0v) is 9.32. The molecule has 0 aliphatic rings. The van der Waals surface area contributed by atoms with E-state index in [1.807, 2.05) is 0 Å². The summed E-state index contributed by atoms with van der Waals surface area (Å²) in [6.07, 6.45) is 0. The molecule has 0 atom stereocenters. The summed E-state index contributed by atoms with van der Waals surface area (Å²) in [5.74, 6) is -0.297. The number of hydrogen-bond donors (Lipinski definition) is 2. The maximum absolute atomic E-state index is 11.6. The molecule has 0 saturated carbocycles. The second-order valence-corrected chi connectivity index (χ2v) is 3.22. The molecule has 1 amide bonds. The maximum atomic E-state index is 11.6. The van der Waals surface area contributed by atoms with Crippen LogP contribution in [0.3, 0.4) is 0 Å². The lowest BCUT2D eigenvalue weighted by Crippen LogP contribution is -2.26. The maximum Gasteiger partial charge on any atom is 0.275 e. The number of ether oxygens (including phenoxy) is 1. The van der Waals surface area contributed by atoms with E-state index >= 15 is 0 Å².